The second-order valence-electron chi connectivity index (χ2n) is 4.16. The summed E-state index contributed by atoms with van der Waals surface area (Å²) in [6.45, 7) is 0.0642. The molecule has 0 aliphatic carbocycles. The number of thioether (sulfide) groups is 1. The van der Waals surface area contributed by atoms with Crippen molar-refractivity contribution in [2.75, 3.05) is 18.2 Å². The van der Waals surface area contributed by atoms with Crippen LogP contribution in [0.5, 0.6) is 0 Å². The summed E-state index contributed by atoms with van der Waals surface area (Å²) in [4.78, 5) is 1.23. The average Bonchev–Trinajstić information content (AvgIpc) is 2.47. The number of nitrogens with one attached hydrogen (secondary N) is 1. The van der Waals surface area contributed by atoms with Gasteiger partial charge in [-0.25, -0.2) is 0 Å². The fraction of sp³-hybridized carbons (Fsp3) is 0.200. The van der Waals surface area contributed by atoms with Crippen molar-refractivity contribution in [2.24, 2.45) is 0 Å². The number of anilines is 1. The Morgan fingerprint density at radius 3 is 2.26 bits per heavy atom. The van der Waals surface area contributed by atoms with Gasteiger partial charge in [0.15, 0.2) is 0 Å². The first-order valence-electron chi connectivity index (χ1n) is 6.00. The van der Waals surface area contributed by atoms with Crippen molar-refractivity contribution < 1.29 is 5.11 Å². The van der Waals surface area contributed by atoms with Gasteiger partial charge in [-0.1, -0.05) is 28.1 Å². The molecule has 19 heavy (non-hydrogen) atoms. The molecule has 2 aromatic carbocycles. The molecular formula is C15H16BrNOS. The molecule has 2 rings (SSSR count). The van der Waals surface area contributed by atoms with Crippen LogP contribution in [0, 0.1) is 0 Å². The van der Waals surface area contributed by atoms with Crippen LogP contribution in [-0.2, 0) is 0 Å². The van der Waals surface area contributed by atoms with Gasteiger partial charge in [0.1, 0.15) is 0 Å². The van der Waals surface area contributed by atoms with Gasteiger partial charge in [-0.15, -0.1) is 11.8 Å². The summed E-state index contributed by atoms with van der Waals surface area (Å²) in [5, 5.41) is 12.9. The molecule has 0 heterocycles. The minimum Gasteiger partial charge on any atom is -0.394 e. The van der Waals surface area contributed by atoms with E-state index in [2.05, 4.69) is 51.8 Å². The molecule has 0 aliphatic heterocycles. The smallest absolute Gasteiger partial charge is 0.0745 e. The van der Waals surface area contributed by atoms with Crippen molar-refractivity contribution in [3.63, 3.8) is 0 Å². The van der Waals surface area contributed by atoms with Gasteiger partial charge in [-0.05, 0) is 48.2 Å². The molecule has 1 unspecified atom stereocenters. The van der Waals surface area contributed by atoms with Crippen LogP contribution >= 0.6 is 27.7 Å². The van der Waals surface area contributed by atoms with Crippen LogP contribution in [-0.4, -0.2) is 18.0 Å². The quantitative estimate of drug-likeness (QED) is 0.797. The minimum absolute atomic E-state index is 0.0642. The molecule has 0 saturated heterocycles. The molecule has 0 fully saturated rings. The molecular weight excluding hydrogens is 322 g/mol. The maximum atomic E-state index is 9.54. The summed E-state index contributed by atoms with van der Waals surface area (Å²) in [6, 6.07) is 16.1. The van der Waals surface area contributed by atoms with Crippen molar-refractivity contribution in [2.45, 2.75) is 10.9 Å². The van der Waals surface area contributed by atoms with Crippen molar-refractivity contribution in [3.8, 4) is 0 Å². The number of hydrogen-bond acceptors (Lipinski definition) is 3. The normalized spacial score (nSPS) is 12.2. The lowest BCUT2D eigenvalue weighted by Crippen LogP contribution is -2.14. The van der Waals surface area contributed by atoms with E-state index in [0.29, 0.717) is 0 Å². The molecule has 100 valence electrons. The van der Waals surface area contributed by atoms with E-state index in [0.717, 1.165) is 15.7 Å². The fourth-order valence-corrected chi connectivity index (χ4v) is 2.49. The third kappa shape index (κ3) is 4.00. The van der Waals surface area contributed by atoms with Crippen molar-refractivity contribution in [1.29, 1.82) is 0 Å². The summed E-state index contributed by atoms with van der Waals surface area (Å²) < 4.78 is 1.04. The Balaban J connectivity index is 2.12. The summed E-state index contributed by atoms with van der Waals surface area (Å²) in [6.07, 6.45) is 2.05. The number of hydrogen-bond donors (Lipinski definition) is 2. The largest absolute Gasteiger partial charge is 0.394 e. The first-order chi connectivity index (χ1) is 9.22. The van der Waals surface area contributed by atoms with Crippen molar-refractivity contribution in [1.82, 2.24) is 0 Å². The molecule has 0 amide bonds. The van der Waals surface area contributed by atoms with Gasteiger partial charge in [0.2, 0.25) is 0 Å². The number of benzene rings is 2. The van der Waals surface area contributed by atoms with Gasteiger partial charge in [0.05, 0.1) is 12.6 Å². The Kier molecular flexibility index (Phi) is 5.31. The lowest BCUT2D eigenvalue weighted by molar-refractivity contribution is 0.276. The first-order valence-corrected chi connectivity index (χ1v) is 8.01. The van der Waals surface area contributed by atoms with E-state index in [1.54, 1.807) is 11.8 Å². The topological polar surface area (TPSA) is 32.3 Å². The highest BCUT2D eigenvalue weighted by Gasteiger charge is 2.09. The molecule has 2 aromatic rings. The Morgan fingerprint density at radius 2 is 1.74 bits per heavy atom. The number of aliphatic hydroxyl groups is 1. The summed E-state index contributed by atoms with van der Waals surface area (Å²) >= 11 is 5.12. The van der Waals surface area contributed by atoms with Gasteiger partial charge in [0.25, 0.3) is 0 Å². The Morgan fingerprint density at radius 1 is 1.11 bits per heavy atom. The van der Waals surface area contributed by atoms with Gasteiger partial charge < -0.3 is 10.4 Å². The van der Waals surface area contributed by atoms with Crippen LogP contribution in [0.1, 0.15) is 11.6 Å². The van der Waals surface area contributed by atoms with E-state index in [4.69, 9.17) is 0 Å². The van der Waals surface area contributed by atoms with Gasteiger partial charge in [-0.2, -0.15) is 0 Å². The highest BCUT2D eigenvalue weighted by atomic mass is 79.9. The Bertz CT molecular complexity index is 513. The molecule has 1 atom stereocenters. The third-order valence-corrected chi connectivity index (χ3v) is 4.16. The second-order valence-corrected chi connectivity index (χ2v) is 5.95. The number of aliphatic hydroxyl groups excluding tert-OH is 1. The van der Waals surface area contributed by atoms with Gasteiger partial charge >= 0.3 is 0 Å². The minimum atomic E-state index is -0.0860. The van der Waals surface area contributed by atoms with Crippen LogP contribution in [0.25, 0.3) is 0 Å². The highest BCUT2D eigenvalue weighted by Crippen LogP contribution is 2.23. The zero-order chi connectivity index (χ0) is 13.7. The molecule has 0 saturated carbocycles. The van der Waals surface area contributed by atoms with Gasteiger partial charge in [-0.3, -0.25) is 0 Å². The molecule has 0 bridgehead atoms. The van der Waals surface area contributed by atoms with E-state index in [-0.39, 0.29) is 12.6 Å². The predicted molar refractivity (Wildman–Crippen MR) is 85.8 cm³/mol. The van der Waals surface area contributed by atoms with E-state index in [1.165, 1.54) is 4.90 Å². The first kappa shape index (κ1) is 14.4. The molecule has 2 N–H and O–H groups in total. The molecule has 0 spiro atoms. The number of halogens is 1. The average molecular weight is 338 g/mol. The summed E-state index contributed by atoms with van der Waals surface area (Å²) in [5.74, 6) is 0. The molecule has 0 aliphatic rings. The third-order valence-electron chi connectivity index (χ3n) is 2.89. The lowest BCUT2D eigenvalue weighted by Gasteiger charge is -2.18. The van der Waals surface area contributed by atoms with Crippen molar-refractivity contribution in [3.05, 3.63) is 58.6 Å². The molecule has 0 aromatic heterocycles. The van der Waals surface area contributed by atoms with E-state index < -0.39 is 0 Å². The van der Waals surface area contributed by atoms with E-state index >= 15 is 0 Å². The fourth-order valence-electron chi connectivity index (χ4n) is 1.82. The SMILES string of the molecule is CSc1ccc(C(CO)Nc2ccc(Br)cc2)cc1. The van der Waals surface area contributed by atoms with E-state index in [9.17, 15) is 5.11 Å². The van der Waals surface area contributed by atoms with E-state index in [1.807, 2.05) is 24.3 Å². The van der Waals surface area contributed by atoms with Gasteiger partial charge in [0, 0.05) is 15.1 Å². The monoisotopic (exact) mass is 337 g/mol. The standard InChI is InChI=1S/C15H16BrNOS/c1-19-14-8-2-11(3-9-14)15(10-18)17-13-6-4-12(16)5-7-13/h2-9,15,17-18H,10H2,1H3. The Labute approximate surface area is 126 Å². The van der Waals surface area contributed by atoms with Crippen LogP contribution in [0.4, 0.5) is 5.69 Å². The molecule has 2 nitrogen and oxygen atoms in total. The maximum absolute atomic E-state index is 9.54. The molecule has 0 radical (unpaired) electrons. The van der Waals surface area contributed by atoms with Crippen LogP contribution in [0.2, 0.25) is 0 Å². The van der Waals surface area contributed by atoms with Crippen LogP contribution < -0.4 is 5.32 Å². The second kappa shape index (κ2) is 6.98. The van der Waals surface area contributed by atoms with Crippen LogP contribution in [0.15, 0.2) is 57.9 Å². The Hall–Kier alpha value is -0.970. The summed E-state index contributed by atoms with van der Waals surface area (Å²) in [7, 11) is 0. The maximum Gasteiger partial charge on any atom is 0.0745 e. The van der Waals surface area contributed by atoms with Crippen molar-refractivity contribution >= 4 is 33.4 Å². The zero-order valence-corrected chi connectivity index (χ0v) is 13.0. The zero-order valence-electron chi connectivity index (χ0n) is 10.6. The lowest BCUT2D eigenvalue weighted by atomic mass is 10.1. The molecule has 4 heteroatoms. The number of rotatable bonds is 5. The highest BCUT2D eigenvalue weighted by molar-refractivity contribution is 9.10. The van der Waals surface area contributed by atoms with Crippen LogP contribution in [0.3, 0.4) is 0 Å². The predicted octanol–water partition coefficient (Wildman–Crippen LogP) is 4.32. The summed E-state index contributed by atoms with van der Waals surface area (Å²) in [5.41, 5.74) is 2.08.